The smallest absolute Gasteiger partial charge is 0.296 e. The second-order valence-corrected chi connectivity index (χ2v) is 6.75. The summed E-state index contributed by atoms with van der Waals surface area (Å²) in [6, 6.07) is 6.49. The van der Waals surface area contributed by atoms with Gasteiger partial charge in [0.25, 0.3) is 5.91 Å². The maximum atomic E-state index is 12.2. The highest BCUT2D eigenvalue weighted by Crippen LogP contribution is 2.18. The van der Waals surface area contributed by atoms with Gasteiger partial charge >= 0.3 is 6.09 Å². The Morgan fingerprint density at radius 3 is 2.32 bits per heavy atom. The number of carbonyl (C=O) groups is 2. The van der Waals surface area contributed by atoms with E-state index < -0.39 is 6.09 Å². The number of amides is 2. The molecule has 0 saturated carbocycles. The lowest BCUT2D eigenvalue weighted by Gasteiger charge is -2.21. The molecule has 1 rings (SSSR count). The highest BCUT2D eigenvalue weighted by Gasteiger charge is 2.19. The Morgan fingerprint density at radius 1 is 1.18 bits per heavy atom. The van der Waals surface area contributed by atoms with Gasteiger partial charge in [0, 0.05) is 24.7 Å². The van der Waals surface area contributed by atoms with E-state index in [0.717, 1.165) is 12.1 Å². The fourth-order valence-corrected chi connectivity index (χ4v) is 2.11. The quantitative estimate of drug-likeness (QED) is 0.269. The number of oxime groups is 1. The molecular weight excluding hydrogens is 346 g/mol. The van der Waals surface area contributed by atoms with Crippen LogP contribution in [0.5, 0.6) is 0 Å². The molecule has 0 bridgehead atoms. The normalized spacial score (nSPS) is 11.0. The van der Waals surface area contributed by atoms with Crippen LogP contribution in [0.2, 0.25) is 5.02 Å². The van der Waals surface area contributed by atoms with E-state index in [0.29, 0.717) is 15.6 Å². The number of hydrogen-bond acceptors (Lipinski definition) is 6. The number of thioether (sulfide) groups is 1. The van der Waals surface area contributed by atoms with E-state index in [1.807, 2.05) is 6.26 Å². The molecule has 0 unspecified atom stereocenters. The van der Waals surface area contributed by atoms with Crippen LogP contribution in [0.15, 0.2) is 29.4 Å². The summed E-state index contributed by atoms with van der Waals surface area (Å²) < 4.78 is 2.49. The van der Waals surface area contributed by atoms with Gasteiger partial charge in [-0.05, 0) is 37.4 Å². The van der Waals surface area contributed by atoms with Gasteiger partial charge in [-0.15, -0.1) is 11.8 Å². The molecule has 0 fully saturated rings. The van der Waals surface area contributed by atoms with Crippen LogP contribution in [-0.4, -0.2) is 46.0 Å². The number of nitrogens with zero attached hydrogens (tertiary/aromatic N) is 3. The molecule has 9 heteroatoms. The Morgan fingerprint density at radius 2 is 1.77 bits per heavy atom. The van der Waals surface area contributed by atoms with Crippen molar-refractivity contribution < 1.29 is 14.4 Å². The maximum absolute atomic E-state index is 12.2. The molecule has 0 spiro atoms. The molecule has 0 heterocycles. The third-order valence-corrected chi connectivity index (χ3v) is 4.15. The Labute approximate surface area is 143 Å². The summed E-state index contributed by atoms with van der Waals surface area (Å²) in [6.45, 7) is 1.72. The summed E-state index contributed by atoms with van der Waals surface area (Å²) >= 11 is 8.06. The standard InChI is InChI=1S/C13H16ClN3O3S2/c1-9(21-4)15-20-13(19)17(3)22-16(2)12(18)10-5-7-11(14)8-6-10/h5-8H,1-4H3/b15-9-. The van der Waals surface area contributed by atoms with Crippen LogP contribution >= 0.6 is 35.5 Å². The minimum Gasteiger partial charge on any atom is -0.296 e. The van der Waals surface area contributed by atoms with Gasteiger partial charge in [0.05, 0.1) is 12.1 Å². The Bertz CT molecular complexity index is 566. The SMILES string of the molecule is CS/C(C)=N\OC(=O)N(C)SN(C)C(=O)c1ccc(Cl)cc1. The van der Waals surface area contributed by atoms with Crippen molar-refractivity contribution >= 4 is 52.5 Å². The zero-order valence-electron chi connectivity index (χ0n) is 12.6. The van der Waals surface area contributed by atoms with Crippen molar-refractivity contribution in [1.82, 2.24) is 8.61 Å². The summed E-state index contributed by atoms with van der Waals surface area (Å²) in [4.78, 5) is 28.6. The van der Waals surface area contributed by atoms with Gasteiger partial charge in [-0.2, -0.15) is 0 Å². The van der Waals surface area contributed by atoms with Gasteiger partial charge < -0.3 is 0 Å². The Kier molecular flexibility index (Phi) is 7.57. The van der Waals surface area contributed by atoms with Crippen LogP contribution in [0.1, 0.15) is 17.3 Å². The molecule has 0 radical (unpaired) electrons. The number of carbonyl (C=O) groups excluding carboxylic acids is 2. The van der Waals surface area contributed by atoms with Crippen molar-refractivity contribution in [2.75, 3.05) is 20.4 Å². The summed E-state index contributed by atoms with van der Waals surface area (Å²) in [5.41, 5.74) is 0.470. The molecule has 0 N–H and O–H groups in total. The molecular formula is C13H16ClN3O3S2. The van der Waals surface area contributed by atoms with Gasteiger partial charge in [-0.3, -0.25) is 13.9 Å². The highest BCUT2D eigenvalue weighted by atomic mass is 35.5. The van der Waals surface area contributed by atoms with E-state index in [-0.39, 0.29) is 5.91 Å². The zero-order valence-corrected chi connectivity index (χ0v) is 15.0. The monoisotopic (exact) mass is 361 g/mol. The molecule has 0 aliphatic carbocycles. The molecule has 120 valence electrons. The zero-order chi connectivity index (χ0) is 16.7. The van der Waals surface area contributed by atoms with E-state index in [1.165, 1.54) is 27.4 Å². The van der Waals surface area contributed by atoms with Crippen LogP contribution in [0, 0.1) is 0 Å². The fraction of sp³-hybridized carbons (Fsp3) is 0.308. The van der Waals surface area contributed by atoms with Gasteiger partial charge in [0.1, 0.15) is 5.04 Å². The van der Waals surface area contributed by atoms with Crippen LogP contribution in [0.3, 0.4) is 0 Å². The third-order valence-electron chi connectivity index (χ3n) is 2.43. The lowest BCUT2D eigenvalue weighted by atomic mass is 10.2. The molecule has 0 aromatic heterocycles. The largest absolute Gasteiger partial charge is 0.447 e. The first-order chi connectivity index (χ1) is 10.3. The van der Waals surface area contributed by atoms with E-state index in [4.69, 9.17) is 16.4 Å². The molecule has 22 heavy (non-hydrogen) atoms. The van der Waals surface area contributed by atoms with Crippen molar-refractivity contribution in [1.29, 1.82) is 0 Å². The van der Waals surface area contributed by atoms with Crippen LogP contribution in [0.4, 0.5) is 4.79 Å². The van der Waals surface area contributed by atoms with E-state index in [9.17, 15) is 9.59 Å². The topological polar surface area (TPSA) is 62.2 Å². The average Bonchev–Trinajstić information content (AvgIpc) is 2.51. The minimum absolute atomic E-state index is 0.259. The van der Waals surface area contributed by atoms with Gasteiger partial charge in [-0.25, -0.2) is 9.10 Å². The van der Waals surface area contributed by atoms with E-state index in [1.54, 1.807) is 38.2 Å². The van der Waals surface area contributed by atoms with Gasteiger partial charge in [0.2, 0.25) is 0 Å². The second kappa shape index (κ2) is 8.92. The minimum atomic E-state index is -0.672. The Hall–Kier alpha value is -1.38. The van der Waals surface area contributed by atoms with Crippen LogP contribution in [-0.2, 0) is 4.84 Å². The molecule has 0 aliphatic rings. The number of rotatable bonds is 4. The third kappa shape index (κ3) is 5.78. The first-order valence-electron chi connectivity index (χ1n) is 6.10. The maximum Gasteiger partial charge on any atom is 0.447 e. The number of halogens is 1. The summed E-state index contributed by atoms with van der Waals surface area (Å²) in [5.74, 6) is -0.259. The summed E-state index contributed by atoms with van der Waals surface area (Å²) in [6.07, 6.45) is 1.15. The molecule has 1 aromatic carbocycles. The lowest BCUT2D eigenvalue weighted by Crippen LogP contribution is -2.28. The predicted molar refractivity (Wildman–Crippen MR) is 92.0 cm³/mol. The number of hydrogen-bond donors (Lipinski definition) is 0. The van der Waals surface area contributed by atoms with Crippen LogP contribution in [0.25, 0.3) is 0 Å². The average molecular weight is 362 g/mol. The van der Waals surface area contributed by atoms with Crippen molar-refractivity contribution in [3.05, 3.63) is 34.9 Å². The second-order valence-electron chi connectivity index (χ2n) is 4.06. The molecule has 0 saturated heterocycles. The first kappa shape index (κ1) is 18.7. The lowest BCUT2D eigenvalue weighted by molar-refractivity contribution is 0.0888. The fourth-order valence-electron chi connectivity index (χ4n) is 1.23. The van der Waals surface area contributed by atoms with Crippen molar-refractivity contribution in [3.8, 4) is 0 Å². The predicted octanol–water partition coefficient (Wildman–Crippen LogP) is 3.74. The van der Waals surface area contributed by atoms with Crippen molar-refractivity contribution in [2.45, 2.75) is 6.92 Å². The molecule has 2 amide bonds. The van der Waals surface area contributed by atoms with E-state index >= 15 is 0 Å². The van der Waals surface area contributed by atoms with Gasteiger partial charge in [0.15, 0.2) is 0 Å². The van der Waals surface area contributed by atoms with Crippen molar-refractivity contribution in [2.24, 2.45) is 5.16 Å². The number of benzene rings is 1. The summed E-state index contributed by atoms with van der Waals surface area (Å²) in [5, 5.41) is 4.81. The van der Waals surface area contributed by atoms with Crippen LogP contribution < -0.4 is 0 Å². The van der Waals surface area contributed by atoms with E-state index in [2.05, 4.69) is 5.16 Å². The van der Waals surface area contributed by atoms with Gasteiger partial charge in [-0.1, -0.05) is 16.8 Å². The first-order valence-corrected chi connectivity index (χ1v) is 8.43. The summed E-state index contributed by atoms with van der Waals surface area (Å²) in [7, 11) is 3.05. The molecule has 0 atom stereocenters. The molecule has 0 aliphatic heterocycles. The van der Waals surface area contributed by atoms with Crippen molar-refractivity contribution in [3.63, 3.8) is 0 Å². The highest BCUT2D eigenvalue weighted by molar-refractivity contribution is 8.13. The Balaban J connectivity index is 2.59. The molecule has 1 aromatic rings. The molecule has 6 nitrogen and oxygen atoms in total.